The smallest absolute Gasteiger partial charge is 0.208 e. The number of aromatic nitrogens is 1. The van der Waals surface area contributed by atoms with Gasteiger partial charge in [0.15, 0.2) is 34.0 Å². The Morgan fingerprint density at radius 2 is 1.75 bits per heavy atom. The number of Topliss-reactive ketones (excluding diaryl/α,β-unsaturated/α-hetero) is 3. The lowest BCUT2D eigenvalue weighted by Gasteiger charge is -2.54. The number of ketones is 3. The average molecular weight is 480 g/mol. The number of hydrogen-bond acceptors (Lipinski definition) is 9. The molecule has 2 aromatic rings. The number of thioether (sulfide) groups is 1. The number of ether oxygens (including phenoxy) is 1. The van der Waals surface area contributed by atoms with Gasteiger partial charge in [0.1, 0.15) is 5.75 Å². The van der Waals surface area contributed by atoms with Crippen LogP contribution in [-0.4, -0.2) is 65.6 Å². The van der Waals surface area contributed by atoms with Crippen LogP contribution < -0.4 is 4.74 Å². The summed E-state index contributed by atoms with van der Waals surface area (Å²) in [4.78, 5) is 41.4. The topological polar surface area (TPSA) is 134 Å². The van der Waals surface area contributed by atoms with E-state index in [1.165, 1.54) is 0 Å². The molecule has 10 heteroatoms. The molecule has 0 amide bonds. The first-order valence-electron chi connectivity index (χ1n) is 9.58. The molecule has 0 aliphatic carbocycles. The van der Waals surface area contributed by atoms with E-state index in [0.717, 1.165) is 26.3 Å². The molecule has 4 atom stereocenters. The Morgan fingerprint density at radius 3 is 2.28 bits per heavy atom. The van der Waals surface area contributed by atoms with Crippen LogP contribution in [0, 0.1) is 0 Å². The van der Waals surface area contributed by atoms with Gasteiger partial charge < -0.3 is 20.1 Å². The summed E-state index contributed by atoms with van der Waals surface area (Å²) in [5.74, 6) is -3.64. The summed E-state index contributed by atoms with van der Waals surface area (Å²) in [5.41, 5.74) is -8.93. The van der Waals surface area contributed by atoms with E-state index in [2.05, 4.69) is 4.98 Å². The molecule has 170 valence electrons. The third-order valence-corrected chi connectivity index (χ3v) is 7.36. The van der Waals surface area contributed by atoms with E-state index < -0.39 is 45.3 Å². The van der Waals surface area contributed by atoms with E-state index in [0.29, 0.717) is 17.3 Å². The maximum atomic E-state index is 12.6. The van der Waals surface area contributed by atoms with Gasteiger partial charge in [0.25, 0.3) is 0 Å². The Hall–Kier alpha value is -2.30. The average Bonchev–Trinajstić information content (AvgIpc) is 2.75. The largest absolute Gasteiger partial charge is 0.475 e. The minimum absolute atomic E-state index is 0.0596. The summed E-state index contributed by atoms with van der Waals surface area (Å²) < 4.78 is 5.85. The van der Waals surface area contributed by atoms with Gasteiger partial charge in [-0.15, -0.1) is 11.8 Å². The van der Waals surface area contributed by atoms with Crippen molar-refractivity contribution in [2.24, 2.45) is 0 Å². The summed E-state index contributed by atoms with van der Waals surface area (Å²) in [6.45, 7) is 2.78. The molecule has 1 aromatic carbocycles. The highest BCUT2D eigenvalue weighted by Gasteiger charge is 2.75. The first-order chi connectivity index (χ1) is 14.9. The van der Waals surface area contributed by atoms with E-state index >= 15 is 0 Å². The van der Waals surface area contributed by atoms with Gasteiger partial charge in [-0.1, -0.05) is 23.7 Å². The molecule has 1 aliphatic heterocycles. The SMILES string of the molecule is CC(=O)[C@]1(O)[C@@](O)(C(C)=O)CS[C@H](Oc2cc(-c3cccnc3)ccc2Cl)[C@@]1(O)C(C)=O. The van der Waals surface area contributed by atoms with Gasteiger partial charge >= 0.3 is 0 Å². The summed E-state index contributed by atoms with van der Waals surface area (Å²) in [6, 6.07) is 8.37. The predicted octanol–water partition coefficient (Wildman–Crippen LogP) is 1.81. The highest BCUT2D eigenvalue weighted by atomic mass is 35.5. The fourth-order valence-corrected chi connectivity index (χ4v) is 5.50. The minimum Gasteiger partial charge on any atom is -0.475 e. The molecule has 3 N–H and O–H groups in total. The highest BCUT2D eigenvalue weighted by Crippen LogP contribution is 2.49. The van der Waals surface area contributed by atoms with Crippen LogP contribution in [0.4, 0.5) is 0 Å². The van der Waals surface area contributed by atoms with Gasteiger partial charge in [-0.3, -0.25) is 19.4 Å². The molecule has 0 bridgehead atoms. The Morgan fingerprint density at radius 1 is 1.06 bits per heavy atom. The second kappa shape index (κ2) is 8.57. The molecule has 1 aromatic heterocycles. The molecule has 0 unspecified atom stereocenters. The summed E-state index contributed by atoms with van der Waals surface area (Å²) in [7, 11) is 0. The lowest BCUT2D eigenvalue weighted by Crippen LogP contribution is -2.82. The number of carbonyl (C=O) groups is 3. The van der Waals surface area contributed by atoms with Crippen LogP contribution in [0.5, 0.6) is 5.75 Å². The first-order valence-corrected chi connectivity index (χ1v) is 11.0. The normalized spacial score (nSPS) is 29.9. The summed E-state index contributed by atoms with van der Waals surface area (Å²) in [5, 5.41) is 33.7. The van der Waals surface area contributed by atoms with Crippen LogP contribution in [0.3, 0.4) is 0 Å². The zero-order chi connectivity index (χ0) is 23.9. The van der Waals surface area contributed by atoms with Crippen LogP contribution in [0.2, 0.25) is 5.02 Å². The van der Waals surface area contributed by atoms with Gasteiger partial charge in [-0.25, -0.2) is 0 Å². The van der Waals surface area contributed by atoms with Gasteiger partial charge in [-0.05, 0) is 44.5 Å². The monoisotopic (exact) mass is 479 g/mol. The molecule has 0 spiro atoms. The third kappa shape index (κ3) is 3.54. The number of pyridine rings is 1. The molecule has 8 nitrogen and oxygen atoms in total. The number of rotatable bonds is 6. The van der Waals surface area contributed by atoms with Gasteiger partial charge in [0.05, 0.1) is 5.02 Å². The standard InChI is InChI=1S/C22H22ClNO7S/c1-12(25)20(28)11-32-19(21(29,13(2)26)22(20,30)14(3)27)31-18-9-15(6-7-17(18)23)16-5-4-8-24-10-16/h4-10,19,28-30H,11H2,1-3H3/t19-,20-,21-,22-/m0/s1. The van der Waals surface area contributed by atoms with Gasteiger partial charge in [0, 0.05) is 23.7 Å². The Balaban J connectivity index is 2.10. The van der Waals surface area contributed by atoms with Crippen LogP contribution in [0.1, 0.15) is 20.8 Å². The molecule has 3 rings (SSSR count). The number of nitrogens with zero attached hydrogens (tertiary/aromatic N) is 1. The summed E-state index contributed by atoms with van der Waals surface area (Å²) in [6.07, 6.45) is 3.23. The van der Waals surface area contributed by atoms with Crippen molar-refractivity contribution in [3.8, 4) is 16.9 Å². The van der Waals surface area contributed by atoms with Crippen molar-refractivity contribution in [3.05, 3.63) is 47.7 Å². The quantitative estimate of drug-likeness (QED) is 0.567. The molecule has 0 saturated carbocycles. The molecule has 0 radical (unpaired) electrons. The molecule has 1 saturated heterocycles. The van der Waals surface area contributed by atoms with Crippen LogP contribution in [0.25, 0.3) is 11.1 Å². The van der Waals surface area contributed by atoms with Crippen LogP contribution in [-0.2, 0) is 14.4 Å². The fourth-order valence-electron chi connectivity index (χ4n) is 3.79. The van der Waals surface area contributed by atoms with Crippen molar-refractivity contribution < 1.29 is 34.4 Å². The van der Waals surface area contributed by atoms with Crippen molar-refractivity contribution in [1.82, 2.24) is 4.98 Å². The molecule has 2 heterocycles. The second-order valence-electron chi connectivity index (χ2n) is 7.65. The van der Waals surface area contributed by atoms with Gasteiger partial charge in [-0.2, -0.15) is 0 Å². The van der Waals surface area contributed by atoms with E-state index in [-0.39, 0.29) is 10.8 Å². The van der Waals surface area contributed by atoms with Crippen molar-refractivity contribution in [3.63, 3.8) is 0 Å². The maximum absolute atomic E-state index is 12.6. The number of benzene rings is 1. The van der Waals surface area contributed by atoms with Gasteiger partial charge in [0.2, 0.25) is 5.60 Å². The number of carbonyl (C=O) groups excluding carboxylic acids is 3. The Kier molecular flexibility index (Phi) is 6.52. The van der Waals surface area contributed by atoms with Crippen molar-refractivity contribution in [1.29, 1.82) is 0 Å². The lowest BCUT2D eigenvalue weighted by molar-refractivity contribution is -0.235. The minimum atomic E-state index is -3.14. The Bertz CT molecular complexity index is 1080. The van der Waals surface area contributed by atoms with Crippen molar-refractivity contribution in [2.75, 3.05) is 5.75 Å². The van der Waals surface area contributed by atoms with E-state index in [1.54, 1.807) is 36.7 Å². The molecule has 1 aliphatic rings. The van der Waals surface area contributed by atoms with E-state index in [1.807, 2.05) is 6.07 Å². The predicted molar refractivity (Wildman–Crippen MR) is 118 cm³/mol. The zero-order valence-corrected chi connectivity index (χ0v) is 19.1. The summed E-state index contributed by atoms with van der Waals surface area (Å²) >= 11 is 6.98. The Labute approximate surface area is 193 Å². The van der Waals surface area contributed by atoms with E-state index in [9.17, 15) is 29.7 Å². The second-order valence-corrected chi connectivity index (χ2v) is 9.11. The molecular formula is C22H22ClNO7S. The van der Waals surface area contributed by atoms with Crippen LogP contribution >= 0.6 is 23.4 Å². The molecule has 32 heavy (non-hydrogen) atoms. The zero-order valence-electron chi connectivity index (χ0n) is 17.5. The van der Waals surface area contributed by atoms with Crippen molar-refractivity contribution >= 4 is 40.7 Å². The van der Waals surface area contributed by atoms with Crippen molar-refractivity contribution in [2.45, 2.75) is 43.0 Å². The number of halogens is 1. The lowest BCUT2D eigenvalue weighted by atomic mass is 9.65. The highest BCUT2D eigenvalue weighted by molar-refractivity contribution is 8.00. The van der Waals surface area contributed by atoms with E-state index in [4.69, 9.17) is 16.3 Å². The molecular weight excluding hydrogens is 458 g/mol. The number of hydrogen-bond donors (Lipinski definition) is 3. The first kappa shape index (κ1) is 24.3. The fraction of sp³-hybridized carbons (Fsp3) is 0.364. The third-order valence-electron chi connectivity index (χ3n) is 5.72. The van der Waals surface area contributed by atoms with Crippen LogP contribution in [0.15, 0.2) is 42.7 Å². The number of aliphatic hydroxyl groups is 3. The maximum Gasteiger partial charge on any atom is 0.208 e. The molecule has 1 fully saturated rings.